The van der Waals surface area contributed by atoms with E-state index in [0.29, 0.717) is 36.6 Å². The molecular formula is C15H21ClN4O2. The van der Waals surface area contributed by atoms with E-state index in [9.17, 15) is 9.59 Å². The molecule has 0 radical (unpaired) electrons. The summed E-state index contributed by atoms with van der Waals surface area (Å²) in [5, 5.41) is 3.20. The van der Waals surface area contributed by atoms with Gasteiger partial charge in [-0.3, -0.25) is 14.6 Å². The number of rotatable bonds is 5. The average Bonchev–Trinajstić information content (AvgIpc) is 2.53. The van der Waals surface area contributed by atoms with E-state index in [2.05, 4.69) is 10.3 Å². The van der Waals surface area contributed by atoms with Crippen molar-refractivity contribution in [2.75, 3.05) is 19.6 Å². The Kier molecular flexibility index (Phi) is 6.15. The average molecular weight is 325 g/mol. The molecule has 1 fully saturated rings. The third-order valence-corrected chi connectivity index (χ3v) is 4.10. The van der Waals surface area contributed by atoms with Gasteiger partial charge in [0.05, 0.1) is 10.6 Å². The first-order valence-corrected chi connectivity index (χ1v) is 7.88. The molecule has 1 aromatic heterocycles. The van der Waals surface area contributed by atoms with Gasteiger partial charge in [0, 0.05) is 44.5 Å². The van der Waals surface area contributed by atoms with Crippen molar-refractivity contribution in [2.24, 2.45) is 5.73 Å². The van der Waals surface area contributed by atoms with Gasteiger partial charge >= 0.3 is 0 Å². The van der Waals surface area contributed by atoms with Crippen molar-refractivity contribution in [2.45, 2.75) is 31.7 Å². The molecule has 1 aliphatic rings. The lowest BCUT2D eigenvalue weighted by Crippen LogP contribution is -2.49. The van der Waals surface area contributed by atoms with E-state index in [4.69, 9.17) is 17.3 Å². The zero-order valence-electron chi connectivity index (χ0n) is 12.4. The Hall–Kier alpha value is -1.66. The molecule has 0 spiro atoms. The van der Waals surface area contributed by atoms with Gasteiger partial charge in [-0.05, 0) is 25.3 Å². The second-order valence-corrected chi connectivity index (χ2v) is 5.75. The molecule has 1 aliphatic heterocycles. The first-order chi connectivity index (χ1) is 10.6. The molecule has 1 saturated heterocycles. The molecule has 22 heavy (non-hydrogen) atoms. The van der Waals surface area contributed by atoms with Gasteiger partial charge in [-0.2, -0.15) is 0 Å². The van der Waals surface area contributed by atoms with E-state index in [-0.39, 0.29) is 17.9 Å². The standard InChI is InChI=1S/C15H21ClN4O2/c16-13-10-18-7-5-12(13)15(22)20-8-2-1-3-11(20)9-19-14(21)4-6-17/h5,7,10-11H,1-4,6,8-9,17H2,(H,19,21). The molecule has 1 unspecified atom stereocenters. The molecule has 1 atom stereocenters. The van der Waals surface area contributed by atoms with E-state index >= 15 is 0 Å². The van der Waals surface area contributed by atoms with Gasteiger partial charge in [0.25, 0.3) is 5.91 Å². The minimum atomic E-state index is -0.106. The summed E-state index contributed by atoms with van der Waals surface area (Å²) in [5.74, 6) is -0.187. The predicted molar refractivity (Wildman–Crippen MR) is 84.6 cm³/mol. The van der Waals surface area contributed by atoms with Gasteiger partial charge in [0.2, 0.25) is 5.91 Å². The van der Waals surface area contributed by atoms with Crippen LogP contribution in [0.25, 0.3) is 0 Å². The molecule has 0 aliphatic carbocycles. The highest BCUT2D eigenvalue weighted by atomic mass is 35.5. The maximum atomic E-state index is 12.7. The van der Waals surface area contributed by atoms with Gasteiger partial charge in [-0.15, -0.1) is 0 Å². The van der Waals surface area contributed by atoms with Gasteiger partial charge in [0.1, 0.15) is 0 Å². The fraction of sp³-hybridized carbons (Fsp3) is 0.533. The normalized spacial score (nSPS) is 18.1. The van der Waals surface area contributed by atoms with Gasteiger partial charge in [0.15, 0.2) is 0 Å². The van der Waals surface area contributed by atoms with Crippen LogP contribution in [0.2, 0.25) is 5.02 Å². The largest absolute Gasteiger partial charge is 0.354 e. The molecule has 6 nitrogen and oxygen atoms in total. The summed E-state index contributed by atoms with van der Waals surface area (Å²) in [7, 11) is 0. The van der Waals surface area contributed by atoms with E-state index < -0.39 is 0 Å². The van der Waals surface area contributed by atoms with Gasteiger partial charge < -0.3 is 16.0 Å². The van der Waals surface area contributed by atoms with Crippen LogP contribution >= 0.6 is 11.6 Å². The van der Waals surface area contributed by atoms with Gasteiger partial charge in [-0.1, -0.05) is 11.6 Å². The summed E-state index contributed by atoms with van der Waals surface area (Å²) < 4.78 is 0. The van der Waals surface area contributed by atoms with Crippen LogP contribution in [0.4, 0.5) is 0 Å². The van der Waals surface area contributed by atoms with Crippen molar-refractivity contribution in [1.82, 2.24) is 15.2 Å². The summed E-state index contributed by atoms with van der Waals surface area (Å²) in [4.78, 5) is 29.9. The maximum absolute atomic E-state index is 12.7. The first-order valence-electron chi connectivity index (χ1n) is 7.50. The fourth-order valence-electron chi connectivity index (χ4n) is 2.63. The second kappa shape index (κ2) is 8.10. The van der Waals surface area contributed by atoms with Crippen LogP contribution in [0, 0.1) is 0 Å². The molecule has 7 heteroatoms. The van der Waals surface area contributed by atoms with Crippen LogP contribution in [0.15, 0.2) is 18.5 Å². The SMILES string of the molecule is NCCC(=O)NCC1CCCCN1C(=O)c1ccncc1Cl. The number of amides is 2. The molecule has 0 bridgehead atoms. The zero-order valence-corrected chi connectivity index (χ0v) is 13.2. The summed E-state index contributed by atoms with van der Waals surface area (Å²) in [6.07, 6.45) is 6.21. The quantitative estimate of drug-likeness (QED) is 0.851. The minimum absolute atomic E-state index is 0.00722. The Bertz CT molecular complexity index is 538. The lowest BCUT2D eigenvalue weighted by atomic mass is 10.0. The molecule has 2 rings (SSSR count). The number of piperidine rings is 1. The van der Waals surface area contributed by atoms with Crippen molar-refractivity contribution in [3.05, 3.63) is 29.0 Å². The molecule has 120 valence electrons. The molecule has 0 saturated carbocycles. The van der Waals surface area contributed by atoms with E-state index in [0.717, 1.165) is 19.3 Å². The highest BCUT2D eigenvalue weighted by molar-refractivity contribution is 6.33. The van der Waals surface area contributed by atoms with Crippen LogP contribution in [-0.4, -0.2) is 47.4 Å². The van der Waals surface area contributed by atoms with E-state index in [1.165, 1.54) is 6.20 Å². The van der Waals surface area contributed by atoms with Crippen molar-refractivity contribution in [3.8, 4) is 0 Å². The molecule has 3 N–H and O–H groups in total. The van der Waals surface area contributed by atoms with Crippen molar-refractivity contribution >= 4 is 23.4 Å². The monoisotopic (exact) mass is 324 g/mol. The lowest BCUT2D eigenvalue weighted by molar-refractivity contribution is -0.121. The van der Waals surface area contributed by atoms with Crippen LogP contribution in [0.5, 0.6) is 0 Å². The Balaban J connectivity index is 2.04. The summed E-state index contributed by atoms with van der Waals surface area (Å²) in [5.41, 5.74) is 5.82. The smallest absolute Gasteiger partial charge is 0.255 e. The number of aromatic nitrogens is 1. The predicted octanol–water partition coefficient (Wildman–Crippen LogP) is 1.19. The third-order valence-electron chi connectivity index (χ3n) is 3.80. The molecule has 2 heterocycles. The highest BCUT2D eigenvalue weighted by Gasteiger charge is 2.28. The molecule has 2 amide bonds. The zero-order chi connectivity index (χ0) is 15.9. The maximum Gasteiger partial charge on any atom is 0.255 e. The summed E-state index contributed by atoms with van der Waals surface area (Å²) >= 11 is 6.06. The Morgan fingerprint density at radius 3 is 3.00 bits per heavy atom. The summed E-state index contributed by atoms with van der Waals surface area (Å²) in [6.45, 7) is 1.45. The van der Waals surface area contributed by atoms with Crippen molar-refractivity contribution in [3.63, 3.8) is 0 Å². The van der Waals surface area contributed by atoms with E-state index in [1.54, 1.807) is 17.2 Å². The number of nitrogens with zero attached hydrogens (tertiary/aromatic N) is 2. The van der Waals surface area contributed by atoms with Crippen LogP contribution in [-0.2, 0) is 4.79 Å². The Labute approximate surface area is 135 Å². The van der Waals surface area contributed by atoms with Crippen molar-refractivity contribution in [1.29, 1.82) is 0 Å². The number of hydrogen-bond acceptors (Lipinski definition) is 4. The molecule has 0 aromatic carbocycles. The number of carbonyl (C=O) groups is 2. The Morgan fingerprint density at radius 2 is 2.27 bits per heavy atom. The highest BCUT2D eigenvalue weighted by Crippen LogP contribution is 2.22. The van der Waals surface area contributed by atoms with Crippen molar-refractivity contribution < 1.29 is 9.59 Å². The number of likely N-dealkylation sites (tertiary alicyclic amines) is 1. The number of halogens is 1. The Morgan fingerprint density at radius 1 is 1.45 bits per heavy atom. The first kappa shape index (κ1) is 16.7. The van der Waals surface area contributed by atoms with Gasteiger partial charge in [-0.25, -0.2) is 0 Å². The fourth-order valence-corrected chi connectivity index (χ4v) is 2.83. The number of nitrogens with one attached hydrogen (secondary N) is 1. The molecule has 1 aromatic rings. The number of hydrogen-bond donors (Lipinski definition) is 2. The van der Waals surface area contributed by atoms with Crippen LogP contribution in [0.3, 0.4) is 0 Å². The van der Waals surface area contributed by atoms with E-state index in [1.807, 2.05) is 0 Å². The summed E-state index contributed by atoms with van der Waals surface area (Å²) in [6, 6.07) is 1.62. The minimum Gasteiger partial charge on any atom is -0.354 e. The topological polar surface area (TPSA) is 88.3 Å². The lowest BCUT2D eigenvalue weighted by Gasteiger charge is -2.36. The molecular weight excluding hydrogens is 304 g/mol. The number of nitrogens with two attached hydrogens (primary N) is 1. The third kappa shape index (κ3) is 4.18. The van der Waals surface area contributed by atoms with Crippen LogP contribution in [0.1, 0.15) is 36.0 Å². The van der Waals surface area contributed by atoms with Crippen LogP contribution < -0.4 is 11.1 Å². The second-order valence-electron chi connectivity index (χ2n) is 5.35. The number of carbonyl (C=O) groups excluding carboxylic acids is 2. The number of pyridine rings is 1.